The third kappa shape index (κ3) is 7.93. The van der Waals surface area contributed by atoms with Gasteiger partial charge in [-0.25, -0.2) is 9.69 Å². The molecule has 2 amide bonds. The summed E-state index contributed by atoms with van der Waals surface area (Å²) in [4.78, 5) is 29.3. The van der Waals surface area contributed by atoms with E-state index in [2.05, 4.69) is 51.0 Å². The van der Waals surface area contributed by atoms with Gasteiger partial charge in [-0.15, -0.1) is 11.5 Å². The predicted molar refractivity (Wildman–Crippen MR) is 168 cm³/mol. The zero-order valence-electron chi connectivity index (χ0n) is 25.9. The lowest BCUT2D eigenvalue weighted by molar-refractivity contribution is -0.142. The van der Waals surface area contributed by atoms with E-state index in [1.807, 2.05) is 54.6 Å². The maximum Gasteiger partial charge on any atom is 0.416 e. The first-order chi connectivity index (χ1) is 20.0. The molecule has 7 heteroatoms. The topological polar surface area (TPSA) is 65.1 Å². The number of imide groups is 1. The zero-order valence-corrected chi connectivity index (χ0v) is 26.9. The monoisotopic (exact) mass is 587 g/mol. The number of carbonyl (C=O) groups is 2. The van der Waals surface area contributed by atoms with Gasteiger partial charge in [0, 0.05) is 6.54 Å². The average molecular weight is 588 g/mol. The number of benzene rings is 2. The van der Waals surface area contributed by atoms with Crippen LogP contribution in [0.1, 0.15) is 44.2 Å². The summed E-state index contributed by atoms with van der Waals surface area (Å²) >= 11 is 0. The second kappa shape index (κ2) is 13.8. The summed E-state index contributed by atoms with van der Waals surface area (Å²) in [7, 11) is -0.0679. The Bertz CT molecular complexity index is 1320. The molecule has 0 radical (unpaired) electrons. The molecule has 1 spiro atoms. The summed E-state index contributed by atoms with van der Waals surface area (Å²) in [5, 5.41) is 0. The molecule has 1 aliphatic heterocycles. The Hall–Kier alpha value is -3.34. The molecule has 1 aliphatic carbocycles. The summed E-state index contributed by atoms with van der Waals surface area (Å²) < 4.78 is 17.0. The Balaban J connectivity index is 1.58. The van der Waals surface area contributed by atoms with Crippen LogP contribution in [0, 0.1) is 34.6 Å². The van der Waals surface area contributed by atoms with Crippen molar-refractivity contribution in [2.45, 2.75) is 66.0 Å². The van der Waals surface area contributed by atoms with Crippen molar-refractivity contribution in [3.8, 4) is 17.2 Å². The molecule has 1 fully saturated rings. The van der Waals surface area contributed by atoms with Crippen LogP contribution in [0.5, 0.6) is 5.75 Å². The molecule has 0 saturated carbocycles. The van der Waals surface area contributed by atoms with Crippen LogP contribution in [0.4, 0.5) is 4.79 Å². The first-order valence-electron chi connectivity index (χ1n) is 15.0. The third-order valence-electron chi connectivity index (χ3n) is 8.43. The van der Waals surface area contributed by atoms with Crippen LogP contribution >= 0.6 is 0 Å². The molecule has 1 heterocycles. The Morgan fingerprint density at radius 1 is 0.976 bits per heavy atom. The average Bonchev–Trinajstić information content (AvgIpc) is 3.07. The van der Waals surface area contributed by atoms with Crippen molar-refractivity contribution < 1.29 is 23.8 Å². The van der Waals surface area contributed by atoms with Gasteiger partial charge in [0.25, 0.3) is 0 Å². The highest BCUT2D eigenvalue weighted by molar-refractivity contribution is 6.83. The second-order valence-electron chi connectivity index (χ2n) is 12.9. The number of hydrogen-bond donors (Lipinski definition) is 0. The van der Waals surface area contributed by atoms with Crippen molar-refractivity contribution >= 4 is 20.1 Å². The number of carbonyl (C=O) groups excluding carboxylic acids is 2. The summed E-state index contributed by atoms with van der Waals surface area (Å²) in [6.07, 6.45) is 3.65. The van der Waals surface area contributed by atoms with Crippen molar-refractivity contribution in [3.05, 3.63) is 77.4 Å². The minimum atomic E-state index is -1.72. The summed E-state index contributed by atoms with van der Waals surface area (Å²) in [6, 6.07) is 17.4. The molecule has 0 bridgehead atoms. The highest BCUT2D eigenvalue weighted by Crippen LogP contribution is 2.49. The van der Waals surface area contributed by atoms with E-state index in [1.165, 1.54) is 4.90 Å². The zero-order chi connectivity index (χ0) is 30.3. The van der Waals surface area contributed by atoms with Gasteiger partial charge < -0.3 is 14.2 Å². The standard InChI is InChI=1S/C35H45NO5Si/c1-26-21-35(33(37)36(22-27(26)2)34(38)41-25-28-10-8-7-9-11-28)18-16-30(20-31(35)17-19-42(4,5)6)24-40-23-29-12-14-32(39-3)15-13-29/h7-15,20,26-27,31H,16,18,21-25H2,1-6H3/t26-,27-,31-,35+/m0/s1. The lowest BCUT2D eigenvalue weighted by Crippen LogP contribution is -2.50. The van der Waals surface area contributed by atoms with Gasteiger partial charge in [-0.05, 0) is 59.9 Å². The highest BCUT2D eigenvalue weighted by Gasteiger charge is 2.52. The number of nitrogens with zero attached hydrogens (tertiary/aromatic N) is 1. The van der Waals surface area contributed by atoms with Crippen LogP contribution in [0.2, 0.25) is 19.6 Å². The Morgan fingerprint density at radius 3 is 2.33 bits per heavy atom. The van der Waals surface area contributed by atoms with Gasteiger partial charge in [-0.1, -0.05) is 82.0 Å². The molecule has 4 atom stereocenters. The predicted octanol–water partition coefficient (Wildman–Crippen LogP) is 7.26. The number of amides is 2. The van der Waals surface area contributed by atoms with Crippen molar-refractivity contribution in [1.82, 2.24) is 4.90 Å². The fourth-order valence-electron chi connectivity index (χ4n) is 5.74. The van der Waals surface area contributed by atoms with E-state index < -0.39 is 19.6 Å². The quantitative estimate of drug-likeness (QED) is 0.194. The maximum atomic E-state index is 14.5. The fraction of sp³-hybridized carbons (Fsp3) is 0.486. The third-order valence-corrected chi connectivity index (χ3v) is 9.33. The van der Waals surface area contributed by atoms with Gasteiger partial charge in [0.05, 0.1) is 31.7 Å². The van der Waals surface area contributed by atoms with E-state index in [9.17, 15) is 9.59 Å². The van der Waals surface area contributed by atoms with E-state index in [1.54, 1.807) is 7.11 Å². The number of methoxy groups -OCH3 is 1. The summed E-state index contributed by atoms with van der Waals surface area (Å²) in [6.45, 7) is 12.4. The number of likely N-dealkylation sites (tertiary alicyclic amines) is 1. The molecule has 2 aromatic carbocycles. The van der Waals surface area contributed by atoms with Gasteiger partial charge in [0.1, 0.15) is 20.4 Å². The van der Waals surface area contributed by atoms with Crippen molar-refractivity contribution in [1.29, 1.82) is 0 Å². The van der Waals surface area contributed by atoms with Gasteiger partial charge in [0.15, 0.2) is 0 Å². The van der Waals surface area contributed by atoms with Gasteiger partial charge >= 0.3 is 6.09 Å². The summed E-state index contributed by atoms with van der Waals surface area (Å²) in [5.41, 5.74) is 5.88. The molecular weight excluding hydrogens is 542 g/mol. The second-order valence-corrected chi connectivity index (χ2v) is 17.7. The normalized spacial score (nSPS) is 24.3. The number of allylic oxidation sites excluding steroid dienone is 1. The lowest BCUT2D eigenvalue weighted by atomic mass is 9.63. The molecule has 42 heavy (non-hydrogen) atoms. The van der Waals surface area contributed by atoms with E-state index >= 15 is 0 Å². The van der Waals surface area contributed by atoms with Crippen LogP contribution in [-0.2, 0) is 27.5 Å². The van der Waals surface area contributed by atoms with Crippen LogP contribution in [0.3, 0.4) is 0 Å². The SMILES string of the molecule is COc1ccc(COCC2=C[C@H](C#C[Si](C)(C)C)[C@@]3(CC2)C[C@H](C)[C@@H](C)CN(C(=O)OCc2ccccc2)C3=O)cc1. The molecule has 0 aromatic heterocycles. The number of ether oxygens (including phenoxy) is 3. The van der Waals surface area contributed by atoms with Crippen molar-refractivity contribution in [3.63, 3.8) is 0 Å². The number of rotatable bonds is 7. The minimum absolute atomic E-state index is 0.134. The lowest BCUT2D eigenvalue weighted by Gasteiger charge is -2.41. The van der Waals surface area contributed by atoms with Crippen LogP contribution in [0.15, 0.2) is 66.2 Å². The first kappa shape index (κ1) is 31.6. The number of hydrogen-bond acceptors (Lipinski definition) is 5. The molecule has 224 valence electrons. The van der Waals surface area contributed by atoms with E-state index in [0.717, 1.165) is 28.9 Å². The van der Waals surface area contributed by atoms with E-state index in [0.29, 0.717) is 32.6 Å². The van der Waals surface area contributed by atoms with Crippen LogP contribution < -0.4 is 4.74 Å². The van der Waals surface area contributed by atoms with Gasteiger partial charge in [0.2, 0.25) is 5.91 Å². The Labute approximate surface area is 252 Å². The van der Waals surface area contributed by atoms with Crippen molar-refractivity contribution in [2.24, 2.45) is 23.2 Å². The molecule has 1 saturated heterocycles. The maximum absolute atomic E-state index is 14.5. The Morgan fingerprint density at radius 2 is 1.67 bits per heavy atom. The summed E-state index contributed by atoms with van der Waals surface area (Å²) in [5.74, 6) is 4.33. The molecule has 6 nitrogen and oxygen atoms in total. The van der Waals surface area contributed by atoms with Gasteiger partial charge in [-0.3, -0.25) is 4.79 Å². The molecule has 2 aromatic rings. The Kier molecular flexibility index (Phi) is 10.3. The fourth-order valence-corrected chi connectivity index (χ4v) is 6.33. The molecule has 4 rings (SSSR count). The highest BCUT2D eigenvalue weighted by atomic mass is 28.3. The molecule has 0 unspecified atom stereocenters. The first-order valence-corrected chi connectivity index (χ1v) is 18.5. The molecule has 2 aliphatic rings. The van der Waals surface area contributed by atoms with Gasteiger partial charge in [-0.2, -0.15) is 0 Å². The smallest absolute Gasteiger partial charge is 0.416 e. The molecular formula is C35H45NO5Si. The van der Waals surface area contributed by atoms with E-state index in [-0.39, 0.29) is 30.3 Å². The molecule has 0 N–H and O–H groups in total. The largest absolute Gasteiger partial charge is 0.497 e. The van der Waals surface area contributed by atoms with Crippen molar-refractivity contribution in [2.75, 3.05) is 20.3 Å². The van der Waals surface area contributed by atoms with Crippen LogP contribution in [-0.4, -0.2) is 45.2 Å². The van der Waals surface area contributed by atoms with E-state index in [4.69, 9.17) is 14.2 Å². The van der Waals surface area contributed by atoms with Crippen LogP contribution in [0.25, 0.3) is 0 Å². The minimum Gasteiger partial charge on any atom is -0.497 e.